The van der Waals surface area contributed by atoms with E-state index >= 15 is 0 Å². The van der Waals surface area contributed by atoms with Gasteiger partial charge < -0.3 is 10.1 Å². The summed E-state index contributed by atoms with van der Waals surface area (Å²) in [6, 6.07) is 3.47. The lowest BCUT2D eigenvalue weighted by Gasteiger charge is -1.90. The maximum atomic E-state index is 10.4. The molecule has 4 nitrogen and oxygen atoms in total. The zero-order chi connectivity index (χ0) is 8.27. The number of rotatable bonds is 2. The molecule has 0 bridgehead atoms. The van der Waals surface area contributed by atoms with Crippen LogP contribution in [0.25, 0.3) is 0 Å². The van der Waals surface area contributed by atoms with Crippen molar-refractivity contribution in [2.75, 3.05) is 0 Å². The van der Waals surface area contributed by atoms with E-state index < -0.39 is 5.97 Å². The Bertz CT molecular complexity index is 308. The second-order valence-corrected chi connectivity index (χ2v) is 2.02. The van der Waals surface area contributed by atoms with Gasteiger partial charge in [-0.3, -0.25) is 0 Å². The Morgan fingerprint density at radius 1 is 1.82 bits per heavy atom. The van der Waals surface area contributed by atoms with E-state index in [1.807, 2.05) is 6.07 Å². The van der Waals surface area contributed by atoms with Crippen molar-refractivity contribution in [3.05, 3.63) is 23.5 Å². The van der Waals surface area contributed by atoms with Crippen LogP contribution >= 0.6 is 0 Å². The van der Waals surface area contributed by atoms with Crippen LogP contribution < -0.4 is 0 Å². The molecular weight excluding hydrogens is 144 g/mol. The van der Waals surface area contributed by atoms with Crippen molar-refractivity contribution in [3.63, 3.8) is 0 Å². The summed E-state index contributed by atoms with van der Waals surface area (Å²) in [5, 5.41) is 16.8. The van der Waals surface area contributed by atoms with Crippen LogP contribution in [0.2, 0.25) is 0 Å². The molecule has 1 heterocycles. The molecule has 0 saturated heterocycles. The van der Waals surface area contributed by atoms with Crippen molar-refractivity contribution < 1.29 is 9.90 Å². The third kappa shape index (κ3) is 1.38. The number of hydrogen-bond acceptors (Lipinski definition) is 2. The van der Waals surface area contributed by atoms with E-state index in [4.69, 9.17) is 10.4 Å². The summed E-state index contributed by atoms with van der Waals surface area (Å²) in [6.07, 6.45) is 1.64. The molecule has 0 aliphatic heterocycles. The fraction of sp³-hybridized carbons (Fsp3) is 0.143. The number of carbonyl (C=O) groups is 1. The molecule has 1 aromatic heterocycles. The zero-order valence-corrected chi connectivity index (χ0v) is 5.66. The fourth-order valence-electron chi connectivity index (χ4n) is 0.833. The van der Waals surface area contributed by atoms with E-state index in [0.717, 1.165) is 0 Å². The first-order chi connectivity index (χ1) is 5.25. The summed E-state index contributed by atoms with van der Waals surface area (Å²) < 4.78 is 0. The Morgan fingerprint density at radius 3 is 3.09 bits per heavy atom. The van der Waals surface area contributed by atoms with Crippen LogP contribution in [0.4, 0.5) is 0 Å². The van der Waals surface area contributed by atoms with Gasteiger partial charge in [0.15, 0.2) is 0 Å². The molecule has 0 fully saturated rings. The first-order valence-corrected chi connectivity index (χ1v) is 3.02. The highest BCUT2D eigenvalue weighted by atomic mass is 16.4. The fourth-order valence-corrected chi connectivity index (χ4v) is 0.833. The minimum absolute atomic E-state index is 0.103. The summed E-state index contributed by atoms with van der Waals surface area (Å²) in [5.41, 5.74) is 0.631. The highest BCUT2D eigenvalue weighted by Crippen LogP contribution is 2.06. The predicted molar refractivity (Wildman–Crippen MR) is 37.1 cm³/mol. The Kier molecular flexibility index (Phi) is 1.93. The number of H-pyrrole nitrogens is 1. The van der Waals surface area contributed by atoms with Crippen molar-refractivity contribution in [2.45, 2.75) is 6.42 Å². The van der Waals surface area contributed by atoms with Gasteiger partial charge in [-0.05, 0) is 11.6 Å². The molecule has 0 spiro atoms. The van der Waals surface area contributed by atoms with Gasteiger partial charge >= 0.3 is 5.97 Å². The number of nitrogens with one attached hydrogen (secondary N) is 1. The average molecular weight is 150 g/mol. The Morgan fingerprint density at radius 2 is 2.55 bits per heavy atom. The van der Waals surface area contributed by atoms with Crippen molar-refractivity contribution in [2.24, 2.45) is 0 Å². The van der Waals surface area contributed by atoms with Crippen molar-refractivity contribution in [3.8, 4) is 6.07 Å². The molecule has 0 radical (unpaired) electrons. The van der Waals surface area contributed by atoms with Crippen molar-refractivity contribution >= 4 is 5.97 Å². The summed E-state index contributed by atoms with van der Waals surface area (Å²) in [4.78, 5) is 13.0. The largest absolute Gasteiger partial charge is 0.477 e. The molecule has 1 rings (SSSR count). The van der Waals surface area contributed by atoms with E-state index in [0.29, 0.717) is 5.56 Å². The standard InChI is InChI=1S/C7H6N2O2/c8-3-1-5-2-4-9-6(5)7(10)11/h2,4,9H,1H2,(H,10,11). The predicted octanol–water partition coefficient (Wildman–Crippen LogP) is 0.779. The lowest BCUT2D eigenvalue weighted by molar-refractivity contribution is 0.0690. The van der Waals surface area contributed by atoms with Crippen LogP contribution in [-0.2, 0) is 6.42 Å². The summed E-state index contributed by atoms with van der Waals surface area (Å²) in [6.45, 7) is 0. The second kappa shape index (κ2) is 2.88. The van der Waals surface area contributed by atoms with Gasteiger partial charge in [-0.2, -0.15) is 5.26 Å². The summed E-state index contributed by atoms with van der Waals surface area (Å²) in [7, 11) is 0. The second-order valence-electron chi connectivity index (χ2n) is 2.02. The summed E-state index contributed by atoms with van der Waals surface area (Å²) in [5.74, 6) is -1.03. The number of hydrogen-bond donors (Lipinski definition) is 2. The van der Waals surface area contributed by atoms with Gasteiger partial charge in [-0.15, -0.1) is 0 Å². The highest BCUT2D eigenvalue weighted by molar-refractivity contribution is 5.87. The molecule has 0 saturated carbocycles. The minimum atomic E-state index is -1.03. The normalized spacial score (nSPS) is 9.00. The highest BCUT2D eigenvalue weighted by Gasteiger charge is 2.09. The van der Waals surface area contributed by atoms with E-state index in [9.17, 15) is 4.79 Å². The van der Waals surface area contributed by atoms with Crippen LogP contribution in [-0.4, -0.2) is 16.1 Å². The SMILES string of the molecule is N#CCc1cc[nH]c1C(=O)O. The molecule has 0 aliphatic carbocycles. The van der Waals surface area contributed by atoms with Crippen molar-refractivity contribution in [1.82, 2.24) is 4.98 Å². The monoisotopic (exact) mass is 150 g/mol. The van der Waals surface area contributed by atoms with Crippen molar-refractivity contribution in [1.29, 1.82) is 5.26 Å². The lowest BCUT2D eigenvalue weighted by Crippen LogP contribution is -2.00. The molecule has 0 unspecified atom stereocenters. The van der Waals surface area contributed by atoms with Gasteiger partial charge in [0.1, 0.15) is 5.69 Å². The number of nitrogens with zero attached hydrogens (tertiary/aromatic N) is 1. The van der Waals surface area contributed by atoms with E-state index in [1.54, 1.807) is 6.07 Å². The zero-order valence-electron chi connectivity index (χ0n) is 5.66. The van der Waals surface area contributed by atoms with E-state index in [-0.39, 0.29) is 12.1 Å². The maximum Gasteiger partial charge on any atom is 0.352 e. The van der Waals surface area contributed by atoms with Gasteiger partial charge in [-0.25, -0.2) is 4.79 Å². The quantitative estimate of drug-likeness (QED) is 0.653. The number of carboxylic acids is 1. The first-order valence-electron chi connectivity index (χ1n) is 3.02. The number of nitriles is 1. The number of aromatic nitrogens is 1. The average Bonchev–Trinajstić information content (AvgIpc) is 2.36. The van der Waals surface area contributed by atoms with Gasteiger partial charge in [0.2, 0.25) is 0 Å². The molecule has 56 valence electrons. The van der Waals surface area contributed by atoms with Crippen LogP contribution in [0, 0.1) is 11.3 Å². The minimum Gasteiger partial charge on any atom is -0.477 e. The Hall–Kier alpha value is -1.76. The molecular formula is C7H6N2O2. The third-order valence-electron chi connectivity index (χ3n) is 1.32. The topological polar surface area (TPSA) is 76.9 Å². The molecule has 0 amide bonds. The van der Waals surface area contributed by atoms with Gasteiger partial charge in [0.25, 0.3) is 0 Å². The van der Waals surface area contributed by atoms with E-state index in [1.165, 1.54) is 6.20 Å². The number of aromatic amines is 1. The van der Waals surface area contributed by atoms with Gasteiger partial charge in [0, 0.05) is 6.20 Å². The van der Waals surface area contributed by atoms with Gasteiger partial charge in [-0.1, -0.05) is 0 Å². The molecule has 2 N–H and O–H groups in total. The van der Waals surface area contributed by atoms with Crippen LogP contribution in [0.1, 0.15) is 16.1 Å². The number of aromatic carboxylic acids is 1. The molecule has 0 atom stereocenters. The molecule has 1 aromatic rings. The molecule has 4 heteroatoms. The van der Waals surface area contributed by atoms with Crippen LogP contribution in [0.15, 0.2) is 12.3 Å². The third-order valence-corrected chi connectivity index (χ3v) is 1.32. The van der Waals surface area contributed by atoms with Crippen LogP contribution in [0.5, 0.6) is 0 Å². The molecule has 0 aromatic carbocycles. The van der Waals surface area contributed by atoms with E-state index in [2.05, 4.69) is 4.98 Å². The molecule has 0 aliphatic rings. The Labute approximate surface area is 63.1 Å². The molecule has 11 heavy (non-hydrogen) atoms. The number of carboxylic acid groups (broad SMARTS) is 1. The lowest BCUT2D eigenvalue weighted by atomic mass is 10.2. The van der Waals surface area contributed by atoms with Gasteiger partial charge in [0.05, 0.1) is 12.5 Å². The summed E-state index contributed by atoms with van der Waals surface area (Å²) >= 11 is 0. The maximum absolute atomic E-state index is 10.4. The smallest absolute Gasteiger partial charge is 0.352 e. The Balaban J connectivity index is 2.98. The van der Waals surface area contributed by atoms with Crippen LogP contribution in [0.3, 0.4) is 0 Å². The first kappa shape index (κ1) is 7.35.